The van der Waals surface area contributed by atoms with E-state index in [1.165, 1.54) is 6.42 Å². The monoisotopic (exact) mass is 464 g/mol. The van der Waals surface area contributed by atoms with Gasteiger partial charge in [-0.25, -0.2) is 0 Å². The highest BCUT2D eigenvalue weighted by Crippen LogP contribution is 2.09. The predicted octanol–water partition coefficient (Wildman–Crippen LogP) is 3.00. The molecular formula is C23H44N8O2. The van der Waals surface area contributed by atoms with Crippen molar-refractivity contribution in [2.75, 3.05) is 42.1 Å². The maximum atomic E-state index is 11.4. The molecule has 0 saturated carbocycles. The van der Waals surface area contributed by atoms with Gasteiger partial charge in [-0.1, -0.05) is 47.0 Å². The maximum Gasteiger partial charge on any atom is 0.230 e. The van der Waals surface area contributed by atoms with Gasteiger partial charge < -0.3 is 27.0 Å². The summed E-state index contributed by atoms with van der Waals surface area (Å²) in [5, 5.41) is 11.7. The maximum absolute atomic E-state index is 11.4. The van der Waals surface area contributed by atoms with E-state index < -0.39 is 0 Å². The molecule has 0 saturated heterocycles. The van der Waals surface area contributed by atoms with Crippen LogP contribution in [0.1, 0.15) is 73.6 Å². The number of aromatic nitrogens is 3. The fourth-order valence-corrected chi connectivity index (χ4v) is 1.94. The van der Waals surface area contributed by atoms with Crippen LogP contribution in [0.25, 0.3) is 0 Å². The molecule has 188 valence electrons. The second-order valence-corrected chi connectivity index (χ2v) is 7.78. The molecule has 1 rings (SSSR count). The van der Waals surface area contributed by atoms with E-state index in [4.69, 9.17) is 12.2 Å². The normalized spacial score (nSPS) is 9.39. The third-order valence-corrected chi connectivity index (χ3v) is 3.10. The Labute approximate surface area is 199 Å². The van der Waals surface area contributed by atoms with E-state index >= 15 is 0 Å². The summed E-state index contributed by atoms with van der Waals surface area (Å²) in [6.45, 7) is 14.6. The van der Waals surface area contributed by atoms with Crippen molar-refractivity contribution >= 4 is 29.7 Å². The highest BCUT2D eigenvalue weighted by atomic mass is 16.1. The first-order valence-corrected chi connectivity index (χ1v) is 11.7. The largest absolute Gasteiger partial charge is 0.370 e. The Morgan fingerprint density at radius 3 is 1.73 bits per heavy atom. The summed E-state index contributed by atoms with van der Waals surface area (Å²) in [4.78, 5) is 34.9. The number of carbonyl (C=O) groups is 2. The summed E-state index contributed by atoms with van der Waals surface area (Å²) in [6.07, 6.45) is 8.41. The van der Waals surface area contributed by atoms with Crippen molar-refractivity contribution < 1.29 is 9.59 Å². The van der Waals surface area contributed by atoms with Crippen LogP contribution in [0.15, 0.2) is 0 Å². The van der Waals surface area contributed by atoms with Gasteiger partial charge >= 0.3 is 0 Å². The van der Waals surface area contributed by atoms with E-state index in [-0.39, 0.29) is 24.8 Å². The minimum atomic E-state index is -0.353. The highest BCUT2D eigenvalue weighted by molar-refractivity contribution is 5.75. The molecule has 1 aromatic heterocycles. The summed E-state index contributed by atoms with van der Waals surface area (Å²) >= 11 is 0. The molecule has 0 spiro atoms. The zero-order valence-corrected chi connectivity index (χ0v) is 21.3. The Morgan fingerprint density at radius 1 is 0.909 bits per heavy atom. The number of carbonyl (C=O) groups excluding carboxylic acids is 2. The molecule has 1 heterocycles. The summed E-state index contributed by atoms with van der Waals surface area (Å²) in [7, 11) is 0. The average molecular weight is 465 g/mol. The fourth-order valence-electron chi connectivity index (χ4n) is 1.94. The van der Waals surface area contributed by atoms with Gasteiger partial charge in [-0.3, -0.25) is 9.59 Å². The van der Waals surface area contributed by atoms with Gasteiger partial charge in [-0.05, 0) is 25.7 Å². The van der Waals surface area contributed by atoms with Gasteiger partial charge in [0.05, 0.1) is 6.54 Å². The molecule has 10 heteroatoms. The number of amides is 2. The number of rotatable bonds is 13. The molecule has 0 aliphatic carbocycles. The van der Waals surface area contributed by atoms with Crippen LogP contribution < -0.4 is 27.0 Å². The lowest BCUT2D eigenvalue weighted by Crippen LogP contribution is -2.23. The van der Waals surface area contributed by atoms with Crippen LogP contribution in [0.3, 0.4) is 0 Å². The number of hydrogen-bond donors (Lipinski definition) is 5. The van der Waals surface area contributed by atoms with E-state index in [1.807, 2.05) is 6.92 Å². The van der Waals surface area contributed by atoms with E-state index in [0.29, 0.717) is 56.7 Å². The molecule has 1 aromatic rings. The van der Waals surface area contributed by atoms with Crippen molar-refractivity contribution in [3.63, 3.8) is 0 Å². The minimum Gasteiger partial charge on any atom is -0.370 e. The molecule has 10 nitrogen and oxygen atoms in total. The van der Waals surface area contributed by atoms with Crippen LogP contribution in [0.2, 0.25) is 0 Å². The van der Waals surface area contributed by atoms with Crippen LogP contribution >= 0.6 is 0 Å². The highest BCUT2D eigenvalue weighted by Gasteiger charge is 2.07. The van der Waals surface area contributed by atoms with Crippen molar-refractivity contribution in [3.8, 4) is 12.3 Å². The van der Waals surface area contributed by atoms with Gasteiger partial charge in [-0.15, -0.1) is 6.42 Å². The molecule has 0 aliphatic heterocycles. The first kappa shape index (κ1) is 32.1. The molecule has 0 fully saturated rings. The lowest BCUT2D eigenvalue weighted by molar-refractivity contribution is -0.121. The standard InChI is InChI=1S/C16H26N8O2.C4H10.C3H8/c1-3-9-19-14-22-15(20-10-5-7-12(17)25)24-16(23-14)21-11-6-8-13(26)18-4-2;1-4(2)3;1-3-2/h1H,4-11H2,2H3,(H2,17,25)(H,18,26)(H3,19,20,21,22,23,24);4H,1-3H3;3H2,1-2H3. The van der Waals surface area contributed by atoms with E-state index in [9.17, 15) is 9.59 Å². The predicted molar refractivity (Wildman–Crippen MR) is 137 cm³/mol. The van der Waals surface area contributed by atoms with Crippen LogP contribution in [0.5, 0.6) is 0 Å². The quantitative estimate of drug-likeness (QED) is 0.221. The molecule has 0 radical (unpaired) electrons. The van der Waals surface area contributed by atoms with E-state index in [0.717, 1.165) is 5.92 Å². The van der Waals surface area contributed by atoms with Crippen LogP contribution in [-0.4, -0.2) is 52.9 Å². The Hall–Kier alpha value is -3.09. The van der Waals surface area contributed by atoms with Crippen molar-refractivity contribution in [3.05, 3.63) is 0 Å². The lowest BCUT2D eigenvalue weighted by atomic mass is 10.3. The smallest absolute Gasteiger partial charge is 0.230 e. The molecule has 0 aromatic carbocycles. The van der Waals surface area contributed by atoms with Gasteiger partial charge in [0.25, 0.3) is 0 Å². The summed E-state index contributed by atoms with van der Waals surface area (Å²) in [6, 6.07) is 0. The topological polar surface area (TPSA) is 147 Å². The van der Waals surface area contributed by atoms with Gasteiger partial charge in [0, 0.05) is 32.5 Å². The van der Waals surface area contributed by atoms with Crippen LogP contribution in [0.4, 0.5) is 17.8 Å². The SMILES string of the molecule is C#CCNc1nc(NCCCC(N)=O)nc(NCCCC(=O)NCC)n1.CC(C)C.CCC. The zero-order chi connectivity index (χ0) is 25.5. The molecule has 0 aliphatic rings. The number of anilines is 3. The van der Waals surface area contributed by atoms with Crippen LogP contribution in [0, 0.1) is 18.3 Å². The lowest BCUT2D eigenvalue weighted by Gasteiger charge is -2.10. The van der Waals surface area contributed by atoms with Crippen molar-refractivity contribution in [1.29, 1.82) is 0 Å². The number of nitrogens with two attached hydrogens (primary N) is 1. The first-order valence-electron chi connectivity index (χ1n) is 11.7. The molecule has 0 atom stereocenters. The summed E-state index contributed by atoms with van der Waals surface area (Å²) in [5.74, 6) is 4.00. The molecular weight excluding hydrogens is 420 g/mol. The third kappa shape index (κ3) is 23.4. The van der Waals surface area contributed by atoms with Crippen molar-refractivity contribution in [1.82, 2.24) is 20.3 Å². The fraction of sp³-hybridized carbons (Fsp3) is 0.696. The summed E-state index contributed by atoms with van der Waals surface area (Å²) < 4.78 is 0. The van der Waals surface area contributed by atoms with Gasteiger partial charge in [0.15, 0.2) is 0 Å². The molecule has 33 heavy (non-hydrogen) atoms. The van der Waals surface area contributed by atoms with E-state index in [2.05, 4.69) is 76.8 Å². The Balaban J connectivity index is 0. The second-order valence-electron chi connectivity index (χ2n) is 7.78. The number of nitrogens with one attached hydrogen (secondary N) is 4. The number of terminal acetylenes is 1. The van der Waals surface area contributed by atoms with Gasteiger partial charge in [0.2, 0.25) is 29.7 Å². The average Bonchev–Trinajstić information content (AvgIpc) is 2.73. The number of hydrogen-bond acceptors (Lipinski definition) is 8. The molecule has 2 amide bonds. The van der Waals surface area contributed by atoms with Crippen LogP contribution in [-0.2, 0) is 9.59 Å². The van der Waals surface area contributed by atoms with Crippen molar-refractivity contribution in [2.24, 2.45) is 11.7 Å². The van der Waals surface area contributed by atoms with Crippen molar-refractivity contribution in [2.45, 2.75) is 73.6 Å². The Bertz CT molecular complexity index is 687. The Morgan fingerprint density at radius 2 is 1.33 bits per heavy atom. The zero-order valence-electron chi connectivity index (χ0n) is 21.3. The molecule has 0 unspecified atom stereocenters. The first-order chi connectivity index (χ1) is 15.7. The summed E-state index contributed by atoms with van der Waals surface area (Å²) in [5.41, 5.74) is 5.11. The number of primary amides is 1. The van der Waals surface area contributed by atoms with E-state index in [1.54, 1.807) is 0 Å². The third-order valence-electron chi connectivity index (χ3n) is 3.10. The minimum absolute atomic E-state index is 0.0122. The second kappa shape index (κ2) is 22.1. The van der Waals surface area contributed by atoms with Gasteiger partial charge in [0.1, 0.15) is 0 Å². The number of nitrogens with zero attached hydrogens (tertiary/aromatic N) is 3. The molecule has 6 N–H and O–H groups in total. The molecule has 0 bridgehead atoms. The van der Waals surface area contributed by atoms with Gasteiger partial charge in [-0.2, -0.15) is 15.0 Å². The Kier molecular flexibility index (Phi) is 21.5.